The van der Waals surface area contributed by atoms with Crippen LogP contribution in [0.1, 0.15) is 39.7 Å². The van der Waals surface area contributed by atoms with Crippen LogP contribution in [-0.2, 0) is 9.63 Å². The van der Waals surface area contributed by atoms with E-state index in [9.17, 15) is 4.79 Å². The molecular formula is C20H25N5O2. The zero-order chi connectivity index (χ0) is 19.0. The van der Waals surface area contributed by atoms with E-state index in [0.29, 0.717) is 6.04 Å². The Morgan fingerprint density at radius 2 is 1.93 bits per heavy atom. The van der Waals surface area contributed by atoms with Crippen LogP contribution in [0.5, 0.6) is 0 Å². The van der Waals surface area contributed by atoms with Crippen LogP contribution in [0.2, 0.25) is 0 Å². The molecule has 7 heteroatoms. The van der Waals surface area contributed by atoms with Crippen molar-refractivity contribution in [1.29, 1.82) is 0 Å². The Hall–Kier alpha value is -2.67. The van der Waals surface area contributed by atoms with E-state index >= 15 is 0 Å². The van der Waals surface area contributed by atoms with Crippen LogP contribution < -0.4 is 0 Å². The highest BCUT2D eigenvalue weighted by Gasteiger charge is 2.29. The minimum atomic E-state index is -0.482. The summed E-state index contributed by atoms with van der Waals surface area (Å²) < 4.78 is 4.05. The Morgan fingerprint density at radius 3 is 2.67 bits per heavy atom. The summed E-state index contributed by atoms with van der Waals surface area (Å²) in [5.41, 5.74) is 2.66. The number of piperidine rings is 1. The van der Waals surface area contributed by atoms with E-state index in [4.69, 9.17) is 4.84 Å². The number of hydrogen-bond acceptors (Lipinski definition) is 5. The number of hydrogen-bond donors (Lipinski definition) is 0. The number of hydroxylamine groups is 2. The van der Waals surface area contributed by atoms with Gasteiger partial charge in [-0.2, -0.15) is 5.10 Å². The minimum absolute atomic E-state index is 0.183. The normalized spacial score (nSPS) is 16.7. The molecule has 1 fully saturated rings. The number of imidazole rings is 1. The fourth-order valence-electron chi connectivity index (χ4n) is 3.23. The van der Waals surface area contributed by atoms with E-state index in [1.54, 1.807) is 11.3 Å². The fourth-order valence-corrected chi connectivity index (χ4v) is 3.23. The number of rotatable bonds is 3. The fraction of sp³-hybridized carbons (Fsp3) is 0.450. The molecule has 0 aromatic carbocycles. The molecule has 0 atom stereocenters. The largest absolute Gasteiger partial charge is 0.367 e. The van der Waals surface area contributed by atoms with Crippen molar-refractivity contribution in [2.75, 3.05) is 13.1 Å². The summed E-state index contributed by atoms with van der Waals surface area (Å²) in [7, 11) is 0. The second-order valence-electron chi connectivity index (χ2n) is 8.11. The number of aromatic nitrogens is 4. The molecule has 7 nitrogen and oxygen atoms in total. The molecule has 1 aliphatic rings. The van der Waals surface area contributed by atoms with Gasteiger partial charge in [-0.05, 0) is 45.7 Å². The summed E-state index contributed by atoms with van der Waals surface area (Å²) in [6.07, 6.45) is 11.6. The highest BCUT2D eigenvalue weighted by Crippen LogP contribution is 2.26. The van der Waals surface area contributed by atoms with E-state index in [2.05, 4.69) is 28.5 Å². The van der Waals surface area contributed by atoms with Crippen molar-refractivity contribution in [3.63, 3.8) is 0 Å². The summed E-state index contributed by atoms with van der Waals surface area (Å²) in [6.45, 7) is 7.06. The summed E-state index contributed by atoms with van der Waals surface area (Å²) in [5.74, 6) is -0.183. The minimum Gasteiger partial charge on any atom is -0.367 e. The van der Waals surface area contributed by atoms with Gasteiger partial charge in [0.05, 0.1) is 17.7 Å². The highest BCUT2D eigenvalue weighted by atomic mass is 16.7. The van der Waals surface area contributed by atoms with Gasteiger partial charge in [0, 0.05) is 49.0 Å². The van der Waals surface area contributed by atoms with Crippen molar-refractivity contribution in [3.8, 4) is 11.1 Å². The molecule has 4 heterocycles. The third-order valence-corrected chi connectivity index (χ3v) is 4.95. The molecule has 0 spiro atoms. The third-order valence-electron chi connectivity index (χ3n) is 4.95. The second kappa shape index (κ2) is 6.81. The monoisotopic (exact) mass is 367 g/mol. The molecule has 0 radical (unpaired) electrons. The first-order valence-electron chi connectivity index (χ1n) is 9.35. The maximum Gasteiger partial charge on any atom is 0.330 e. The lowest BCUT2D eigenvalue weighted by molar-refractivity contribution is -0.205. The molecule has 0 aliphatic carbocycles. The Labute approximate surface area is 158 Å². The van der Waals surface area contributed by atoms with Crippen LogP contribution in [0.4, 0.5) is 0 Å². The van der Waals surface area contributed by atoms with Crippen LogP contribution in [0, 0.1) is 5.41 Å². The molecular weight excluding hydrogens is 342 g/mol. The van der Waals surface area contributed by atoms with Crippen molar-refractivity contribution < 1.29 is 9.63 Å². The van der Waals surface area contributed by atoms with Crippen LogP contribution in [0.25, 0.3) is 16.8 Å². The van der Waals surface area contributed by atoms with Crippen molar-refractivity contribution in [2.24, 2.45) is 5.41 Å². The first kappa shape index (κ1) is 17.7. The number of fused-ring (bicyclic) bond motifs is 1. The van der Waals surface area contributed by atoms with Crippen molar-refractivity contribution >= 4 is 11.6 Å². The van der Waals surface area contributed by atoms with E-state index < -0.39 is 5.41 Å². The Balaban J connectivity index is 1.40. The van der Waals surface area contributed by atoms with Crippen LogP contribution in [0.3, 0.4) is 0 Å². The van der Waals surface area contributed by atoms with Crippen molar-refractivity contribution in [1.82, 2.24) is 24.2 Å². The molecule has 3 aromatic rings. The van der Waals surface area contributed by atoms with Gasteiger partial charge in [-0.3, -0.25) is 4.68 Å². The average Bonchev–Trinajstić information content (AvgIpc) is 3.30. The smallest absolute Gasteiger partial charge is 0.330 e. The summed E-state index contributed by atoms with van der Waals surface area (Å²) >= 11 is 0. The van der Waals surface area contributed by atoms with E-state index in [1.807, 2.05) is 48.3 Å². The zero-order valence-corrected chi connectivity index (χ0v) is 16.0. The first-order valence-corrected chi connectivity index (χ1v) is 9.35. The SMILES string of the molecule is CC(C)(C)C(=O)ON1CCC(n2cc(-c3ccc4nccn4c3)cn2)CC1. The van der Waals surface area contributed by atoms with Crippen molar-refractivity contribution in [2.45, 2.75) is 39.7 Å². The molecule has 0 bridgehead atoms. The highest BCUT2D eigenvalue weighted by molar-refractivity contribution is 5.75. The Morgan fingerprint density at radius 1 is 1.15 bits per heavy atom. The predicted octanol–water partition coefficient (Wildman–Crippen LogP) is 3.34. The standard InChI is InChI=1S/C20H25N5O2/c1-20(2,3)19(26)27-24-9-6-17(7-10-24)25-14-16(12-22-25)15-4-5-18-21-8-11-23(18)13-15/h4-5,8,11-14,17H,6-7,9-10H2,1-3H3. The van der Waals surface area contributed by atoms with Crippen LogP contribution in [-0.4, -0.2) is 43.3 Å². The second-order valence-corrected chi connectivity index (χ2v) is 8.11. The molecule has 4 rings (SSSR count). The van der Waals surface area contributed by atoms with Crippen molar-refractivity contribution in [3.05, 3.63) is 43.1 Å². The van der Waals surface area contributed by atoms with Gasteiger partial charge in [-0.15, -0.1) is 5.06 Å². The lowest BCUT2D eigenvalue weighted by Gasteiger charge is -2.32. The lowest BCUT2D eigenvalue weighted by Crippen LogP contribution is -2.39. The molecule has 0 saturated carbocycles. The molecule has 0 amide bonds. The maximum atomic E-state index is 12.0. The van der Waals surface area contributed by atoms with Crippen LogP contribution >= 0.6 is 0 Å². The first-order chi connectivity index (χ1) is 12.9. The molecule has 0 N–H and O–H groups in total. The maximum absolute atomic E-state index is 12.0. The number of nitrogens with zero attached hydrogens (tertiary/aromatic N) is 5. The third kappa shape index (κ3) is 3.73. The topological polar surface area (TPSA) is 64.7 Å². The summed E-state index contributed by atoms with van der Waals surface area (Å²) in [5, 5.41) is 6.35. The van der Waals surface area contributed by atoms with E-state index in [1.165, 1.54) is 0 Å². The molecule has 0 unspecified atom stereocenters. The summed E-state index contributed by atoms with van der Waals surface area (Å²) in [6, 6.07) is 4.40. The molecule has 1 saturated heterocycles. The lowest BCUT2D eigenvalue weighted by atomic mass is 9.98. The zero-order valence-electron chi connectivity index (χ0n) is 16.0. The average molecular weight is 367 g/mol. The van der Waals surface area contributed by atoms with Gasteiger partial charge in [-0.25, -0.2) is 9.78 Å². The molecule has 27 heavy (non-hydrogen) atoms. The Bertz CT molecular complexity index is 945. The Kier molecular flexibility index (Phi) is 4.47. The molecule has 3 aromatic heterocycles. The van der Waals surface area contributed by atoms with Gasteiger partial charge in [-0.1, -0.05) is 0 Å². The molecule has 142 valence electrons. The predicted molar refractivity (Wildman–Crippen MR) is 102 cm³/mol. The van der Waals surface area contributed by atoms with E-state index in [-0.39, 0.29) is 5.97 Å². The quantitative estimate of drug-likeness (QED) is 0.710. The van der Waals surface area contributed by atoms with Gasteiger partial charge in [0.1, 0.15) is 5.65 Å². The van der Waals surface area contributed by atoms with Gasteiger partial charge in [0.15, 0.2) is 0 Å². The van der Waals surface area contributed by atoms with Gasteiger partial charge < -0.3 is 9.24 Å². The van der Waals surface area contributed by atoms with E-state index in [0.717, 1.165) is 42.7 Å². The van der Waals surface area contributed by atoms with Gasteiger partial charge in [0.25, 0.3) is 0 Å². The summed E-state index contributed by atoms with van der Waals surface area (Å²) in [4.78, 5) is 21.8. The number of carbonyl (C=O) groups is 1. The number of pyridine rings is 1. The van der Waals surface area contributed by atoms with Gasteiger partial charge in [0.2, 0.25) is 0 Å². The van der Waals surface area contributed by atoms with Gasteiger partial charge >= 0.3 is 5.97 Å². The molecule has 1 aliphatic heterocycles. The number of carbonyl (C=O) groups excluding carboxylic acids is 1. The van der Waals surface area contributed by atoms with Crippen LogP contribution in [0.15, 0.2) is 43.1 Å².